The lowest BCUT2D eigenvalue weighted by molar-refractivity contribution is -0.120. The zero-order chi connectivity index (χ0) is 24.6. The molecule has 0 aliphatic heterocycles. The molecule has 4 rings (SSSR count). The van der Waals surface area contributed by atoms with Crippen molar-refractivity contribution in [3.05, 3.63) is 106 Å². The van der Waals surface area contributed by atoms with Gasteiger partial charge in [-0.1, -0.05) is 77.8 Å². The number of nitrogens with one attached hydrogen (secondary N) is 2. The van der Waals surface area contributed by atoms with Crippen molar-refractivity contribution in [1.29, 1.82) is 0 Å². The van der Waals surface area contributed by atoms with Crippen LogP contribution in [0.25, 0.3) is 10.8 Å². The predicted octanol–water partition coefficient (Wildman–Crippen LogP) is 5.86. The third-order valence-corrected chi connectivity index (χ3v) is 5.84. The molecular weight excluding hydrogens is 485 g/mol. The summed E-state index contributed by atoms with van der Waals surface area (Å²) < 4.78 is 5.65. The molecule has 35 heavy (non-hydrogen) atoms. The number of hydrazone groups is 1. The Morgan fingerprint density at radius 3 is 2.49 bits per heavy atom. The summed E-state index contributed by atoms with van der Waals surface area (Å²) in [5, 5.41) is 9.61. The van der Waals surface area contributed by atoms with Crippen molar-refractivity contribution < 1.29 is 14.3 Å². The van der Waals surface area contributed by atoms with Crippen LogP contribution >= 0.6 is 23.2 Å². The number of para-hydroxylation sites is 1. The second kappa shape index (κ2) is 11.5. The largest absolute Gasteiger partial charge is 0.483 e. The van der Waals surface area contributed by atoms with Gasteiger partial charge in [0.15, 0.2) is 6.61 Å². The van der Waals surface area contributed by atoms with Crippen molar-refractivity contribution >= 4 is 57.7 Å². The molecule has 8 heteroatoms. The van der Waals surface area contributed by atoms with Gasteiger partial charge in [0.2, 0.25) is 5.91 Å². The van der Waals surface area contributed by atoms with Crippen LogP contribution in [-0.2, 0) is 16.0 Å². The third kappa shape index (κ3) is 6.59. The first-order valence-corrected chi connectivity index (χ1v) is 11.5. The van der Waals surface area contributed by atoms with Gasteiger partial charge in [-0.15, -0.1) is 0 Å². The van der Waals surface area contributed by atoms with E-state index in [0.29, 0.717) is 27.0 Å². The number of nitrogens with zero attached hydrogens (tertiary/aromatic N) is 1. The average molecular weight is 506 g/mol. The second-order valence-electron chi connectivity index (χ2n) is 7.61. The standard InChI is InChI=1S/C27H21Cl2N3O3/c28-23-13-12-21(15-24(23)29)31-27(34)17-35-25-11-4-2-7-20(25)16-30-32-26(33)14-19-9-5-8-18-6-1-3-10-22(18)19/h1-13,15-16H,14,17H2,(H,31,34)(H,32,33)/b30-16+. The Labute approximate surface area is 212 Å². The number of rotatable bonds is 8. The van der Waals surface area contributed by atoms with E-state index in [-0.39, 0.29) is 24.8 Å². The second-order valence-corrected chi connectivity index (χ2v) is 8.43. The van der Waals surface area contributed by atoms with Gasteiger partial charge in [0.1, 0.15) is 5.75 Å². The van der Waals surface area contributed by atoms with Crippen LogP contribution in [0.4, 0.5) is 5.69 Å². The summed E-state index contributed by atoms with van der Waals surface area (Å²) in [6, 6.07) is 25.7. The van der Waals surface area contributed by atoms with E-state index in [2.05, 4.69) is 15.8 Å². The molecule has 4 aromatic carbocycles. The zero-order valence-electron chi connectivity index (χ0n) is 18.5. The molecule has 0 aliphatic carbocycles. The predicted molar refractivity (Wildman–Crippen MR) is 140 cm³/mol. The lowest BCUT2D eigenvalue weighted by atomic mass is 10.0. The topological polar surface area (TPSA) is 79.8 Å². The molecule has 0 bridgehead atoms. The van der Waals surface area contributed by atoms with Crippen LogP contribution in [0.1, 0.15) is 11.1 Å². The summed E-state index contributed by atoms with van der Waals surface area (Å²) in [6.45, 7) is -0.224. The highest BCUT2D eigenvalue weighted by Gasteiger charge is 2.09. The molecule has 0 spiro atoms. The van der Waals surface area contributed by atoms with Crippen LogP contribution in [-0.4, -0.2) is 24.6 Å². The minimum Gasteiger partial charge on any atom is -0.483 e. The SMILES string of the molecule is O=C(Cc1cccc2ccccc12)N/N=C/c1ccccc1OCC(=O)Nc1ccc(Cl)c(Cl)c1. The van der Waals surface area contributed by atoms with Crippen molar-refractivity contribution in [1.82, 2.24) is 5.43 Å². The van der Waals surface area contributed by atoms with E-state index in [1.807, 2.05) is 48.5 Å². The number of hydrogen-bond donors (Lipinski definition) is 2. The molecule has 2 amide bonds. The Hall–Kier alpha value is -3.87. The van der Waals surface area contributed by atoms with Crippen molar-refractivity contribution in [3.8, 4) is 5.75 Å². The molecule has 0 unspecified atom stereocenters. The Morgan fingerprint density at radius 1 is 0.857 bits per heavy atom. The normalized spacial score (nSPS) is 10.9. The molecule has 6 nitrogen and oxygen atoms in total. The maximum Gasteiger partial charge on any atom is 0.262 e. The summed E-state index contributed by atoms with van der Waals surface area (Å²) in [6.07, 6.45) is 1.68. The van der Waals surface area contributed by atoms with E-state index in [1.54, 1.807) is 36.4 Å². The first-order chi connectivity index (χ1) is 17.0. The fourth-order valence-corrected chi connectivity index (χ4v) is 3.76. The summed E-state index contributed by atoms with van der Waals surface area (Å²) in [4.78, 5) is 24.7. The fourth-order valence-electron chi connectivity index (χ4n) is 3.47. The van der Waals surface area contributed by atoms with Crippen LogP contribution < -0.4 is 15.5 Å². The van der Waals surface area contributed by atoms with E-state index in [1.165, 1.54) is 6.21 Å². The van der Waals surface area contributed by atoms with Gasteiger partial charge < -0.3 is 10.1 Å². The molecule has 0 fully saturated rings. The van der Waals surface area contributed by atoms with Crippen LogP contribution in [0.2, 0.25) is 10.0 Å². The molecule has 176 valence electrons. The van der Waals surface area contributed by atoms with Gasteiger partial charge in [-0.05, 0) is 46.7 Å². The molecule has 0 saturated heterocycles. The Balaban J connectivity index is 1.33. The van der Waals surface area contributed by atoms with Crippen LogP contribution in [0.15, 0.2) is 90.0 Å². The summed E-state index contributed by atoms with van der Waals surface area (Å²) in [5.41, 5.74) is 4.60. The first kappa shape index (κ1) is 24.3. The maximum absolute atomic E-state index is 12.4. The van der Waals surface area contributed by atoms with Gasteiger partial charge in [-0.25, -0.2) is 5.43 Å². The number of ether oxygens (including phenoxy) is 1. The quantitative estimate of drug-likeness (QED) is 0.232. The molecular formula is C27H21Cl2N3O3. The number of benzene rings is 4. The average Bonchev–Trinajstić information content (AvgIpc) is 2.86. The number of halogens is 2. The maximum atomic E-state index is 12.4. The van der Waals surface area contributed by atoms with Gasteiger partial charge in [-0.2, -0.15) is 5.10 Å². The molecule has 4 aromatic rings. The van der Waals surface area contributed by atoms with Crippen molar-refractivity contribution in [2.45, 2.75) is 6.42 Å². The molecule has 2 N–H and O–H groups in total. The van der Waals surface area contributed by atoms with E-state index in [0.717, 1.165) is 16.3 Å². The Bertz CT molecular complexity index is 1400. The highest BCUT2D eigenvalue weighted by molar-refractivity contribution is 6.42. The molecule has 0 aromatic heterocycles. The fraction of sp³-hybridized carbons (Fsp3) is 0.0741. The number of fused-ring (bicyclic) bond motifs is 1. The summed E-state index contributed by atoms with van der Waals surface area (Å²) in [7, 11) is 0. The van der Waals surface area contributed by atoms with Gasteiger partial charge >= 0.3 is 0 Å². The number of amides is 2. The minimum atomic E-state index is -0.362. The highest BCUT2D eigenvalue weighted by atomic mass is 35.5. The van der Waals surface area contributed by atoms with Gasteiger partial charge in [0.25, 0.3) is 5.91 Å². The van der Waals surface area contributed by atoms with Crippen LogP contribution in [0.3, 0.4) is 0 Å². The highest BCUT2D eigenvalue weighted by Crippen LogP contribution is 2.25. The summed E-state index contributed by atoms with van der Waals surface area (Å²) >= 11 is 11.9. The zero-order valence-corrected chi connectivity index (χ0v) is 20.0. The molecule has 0 heterocycles. The molecule has 0 radical (unpaired) electrons. The smallest absolute Gasteiger partial charge is 0.262 e. The van der Waals surface area contributed by atoms with Crippen molar-refractivity contribution in [2.75, 3.05) is 11.9 Å². The number of anilines is 1. The third-order valence-electron chi connectivity index (χ3n) is 5.10. The first-order valence-electron chi connectivity index (χ1n) is 10.7. The van der Waals surface area contributed by atoms with Crippen LogP contribution in [0.5, 0.6) is 5.75 Å². The van der Waals surface area contributed by atoms with Crippen molar-refractivity contribution in [2.24, 2.45) is 5.10 Å². The van der Waals surface area contributed by atoms with E-state index >= 15 is 0 Å². The van der Waals surface area contributed by atoms with E-state index in [9.17, 15) is 9.59 Å². The number of carbonyl (C=O) groups is 2. The Kier molecular flexibility index (Phi) is 7.98. The summed E-state index contributed by atoms with van der Waals surface area (Å²) in [5.74, 6) is -0.153. The Morgan fingerprint density at radius 2 is 1.63 bits per heavy atom. The van der Waals surface area contributed by atoms with Gasteiger partial charge in [0, 0.05) is 11.3 Å². The van der Waals surface area contributed by atoms with Gasteiger partial charge in [0.05, 0.1) is 22.7 Å². The molecule has 0 aliphatic rings. The van der Waals surface area contributed by atoms with Crippen molar-refractivity contribution in [3.63, 3.8) is 0 Å². The van der Waals surface area contributed by atoms with E-state index in [4.69, 9.17) is 27.9 Å². The number of carbonyl (C=O) groups excluding carboxylic acids is 2. The molecule has 0 atom stereocenters. The lowest BCUT2D eigenvalue weighted by Crippen LogP contribution is -2.21. The number of hydrogen-bond acceptors (Lipinski definition) is 4. The molecule has 0 saturated carbocycles. The van der Waals surface area contributed by atoms with Gasteiger partial charge in [-0.3, -0.25) is 9.59 Å². The lowest BCUT2D eigenvalue weighted by Gasteiger charge is -2.10. The monoisotopic (exact) mass is 505 g/mol. The van der Waals surface area contributed by atoms with Crippen LogP contribution in [0, 0.1) is 0 Å². The minimum absolute atomic E-state index is 0.200. The van der Waals surface area contributed by atoms with E-state index < -0.39 is 0 Å².